The first-order valence-electron chi connectivity index (χ1n) is 6.36. The molecule has 23 heavy (non-hydrogen) atoms. The number of rotatable bonds is 5. The maximum Gasteiger partial charge on any atom is 0.292 e. The molecule has 2 aromatic carbocycles. The Morgan fingerprint density at radius 2 is 1.17 bits per heavy atom. The van der Waals surface area contributed by atoms with E-state index in [-0.39, 0.29) is 11.5 Å². The summed E-state index contributed by atoms with van der Waals surface area (Å²) >= 11 is 0. The van der Waals surface area contributed by atoms with Crippen LogP contribution < -0.4 is 14.2 Å². The van der Waals surface area contributed by atoms with Crippen molar-refractivity contribution in [3.05, 3.63) is 53.6 Å². The van der Waals surface area contributed by atoms with Crippen LogP contribution in [0.15, 0.2) is 42.5 Å². The number of hydrogen-bond acceptors (Lipinski definition) is 6. The van der Waals surface area contributed by atoms with Gasteiger partial charge in [-0.25, -0.2) is 0 Å². The van der Waals surface area contributed by atoms with Crippen molar-refractivity contribution in [3.63, 3.8) is 0 Å². The monoisotopic (exact) mass is 303 g/mol. The minimum Gasteiger partial charge on any atom is -0.388 e. The number of nitriles is 3. The molecule has 0 aliphatic heterocycles. The van der Waals surface area contributed by atoms with E-state index in [0.717, 1.165) is 5.56 Å². The van der Waals surface area contributed by atoms with Crippen molar-refractivity contribution in [1.82, 2.24) is 0 Å². The molecule has 0 aromatic heterocycles. The highest BCUT2D eigenvalue weighted by molar-refractivity contribution is 5.71. The quantitative estimate of drug-likeness (QED) is 0.619. The smallest absolute Gasteiger partial charge is 0.292 e. The zero-order valence-electron chi connectivity index (χ0n) is 11.8. The Kier molecular flexibility index (Phi) is 5.19. The maximum absolute atomic E-state index is 8.58. The van der Waals surface area contributed by atoms with Crippen LogP contribution in [-0.4, -0.2) is 0 Å². The fourth-order valence-electron chi connectivity index (χ4n) is 1.84. The van der Waals surface area contributed by atoms with E-state index in [0.29, 0.717) is 11.3 Å². The maximum atomic E-state index is 8.58. The van der Waals surface area contributed by atoms with Gasteiger partial charge in [0, 0.05) is 6.07 Å². The normalized spacial score (nSPS) is 9.43. The zero-order chi connectivity index (χ0) is 16.5. The van der Waals surface area contributed by atoms with Crippen molar-refractivity contribution in [1.29, 1.82) is 15.8 Å². The second kappa shape index (κ2) is 7.73. The highest BCUT2D eigenvalue weighted by Gasteiger charge is 2.02. The second-order valence-electron chi connectivity index (χ2n) is 4.22. The van der Waals surface area contributed by atoms with E-state index in [1.165, 1.54) is 6.07 Å². The van der Waals surface area contributed by atoms with Crippen LogP contribution in [-0.2, 0) is 0 Å². The van der Waals surface area contributed by atoms with Crippen LogP contribution >= 0.6 is 0 Å². The van der Waals surface area contributed by atoms with Crippen LogP contribution in [0.1, 0.15) is 11.1 Å². The van der Waals surface area contributed by atoms with Gasteiger partial charge in [0.05, 0.1) is 0 Å². The number of ether oxygens (including phenoxy) is 3. The van der Waals surface area contributed by atoms with Crippen LogP contribution in [0.2, 0.25) is 0 Å². The standard InChI is InChI=1S/C17H9N3O3/c18-10-21-15-3-1-2-13(6-15)4-5-14-7-16(22-11-19)9-17(8-14)23-12-20/h1-9H. The fraction of sp³-hybridized carbons (Fsp3) is 0. The summed E-state index contributed by atoms with van der Waals surface area (Å²) in [5.74, 6) is 0.965. The number of benzene rings is 2. The molecule has 0 N–H and O–H groups in total. The zero-order valence-corrected chi connectivity index (χ0v) is 11.8. The van der Waals surface area contributed by atoms with Crippen molar-refractivity contribution in [2.75, 3.05) is 0 Å². The van der Waals surface area contributed by atoms with Gasteiger partial charge in [0.2, 0.25) is 0 Å². The van der Waals surface area contributed by atoms with Crippen LogP contribution in [0.25, 0.3) is 12.2 Å². The van der Waals surface area contributed by atoms with Gasteiger partial charge < -0.3 is 14.2 Å². The summed E-state index contributed by atoms with van der Waals surface area (Å²) < 4.78 is 14.3. The first-order chi connectivity index (χ1) is 11.2. The third-order valence-corrected chi connectivity index (χ3v) is 2.72. The van der Waals surface area contributed by atoms with Crippen LogP contribution in [0.3, 0.4) is 0 Å². The van der Waals surface area contributed by atoms with E-state index in [1.807, 2.05) is 6.07 Å². The largest absolute Gasteiger partial charge is 0.388 e. The summed E-state index contributed by atoms with van der Waals surface area (Å²) in [4.78, 5) is 0. The minimum absolute atomic E-state index is 0.265. The Hall–Kier alpha value is -3.95. The Bertz CT molecular complexity index is 820. The summed E-state index contributed by atoms with van der Waals surface area (Å²) in [6, 6.07) is 11.6. The molecule has 0 atom stereocenters. The van der Waals surface area contributed by atoms with Crippen molar-refractivity contribution in [2.24, 2.45) is 0 Å². The Labute approximate surface area is 132 Å². The third-order valence-electron chi connectivity index (χ3n) is 2.72. The van der Waals surface area contributed by atoms with Crippen LogP contribution in [0.4, 0.5) is 0 Å². The molecule has 110 valence electrons. The molecule has 2 aromatic rings. The first-order valence-corrected chi connectivity index (χ1v) is 6.36. The number of hydrogen-bond donors (Lipinski definition) is 0. The van der Waals surface area contributed by atoms with E-state index in [9.17, 15) is 0 Å². The lowest BCUT2D eigenvalue weighted by atomic mass is 10.1. The van der Waals surface area contributed by atoms with Crippen LogP contribution in [0, 0.1) is 34.6 Å². The third kappa shape index (κ3) is 4.53. The highest BCUT2D eigenvalue weighted by Crippen LogP contribution is 2.24. The van der Waals surface area contributed by atoms with E-state index in [4.69, 9.17) is 30.0 Å². The van der Waals surface area contributed by atoms with Crippen molar-refractivity contribution >= 4 is 12.2 Å². The molecule has 0 bridgehead atoms. The van der Waals surface area contributed by atoms with E-state index < -0.39 is 0 Å². The molecule has 6 nitrogen and oxygen atoms in total. The molecule has 0 unspecified atom stereocenters. The molecular formula is C17H9N3O3. The predicted molar refractivity (Wildman–Crippen MR) is 80.5 cm³/mol. The Balaban J connectivity index is 2.28. The lowest BCUT2D eigenvalue weighted by molar-refractivity contribution is 0.483. The highest BCUT2D eigenvalue weighted by atomic mass is 16.5. The average molecular weight is 303 g/mol. The Morgan fingerprint density at radius 3 is 1.78 bits per heavy atom. The molecular weight excluding hydrogens is 294 g/mol. The number of nitrogens with zero attached hydrogens (tertiary/aromatic N) is 3. The summed E-state index contributed by atoms with van der Waals surface area (Å²) in [6.07, 6.45) is 8.28. The minimum atomic E-state index is 0.265. The van der Waals surface area contributed by atoms with E-state index >= 15 is 0 Å². The Morgan fingerprint density at radius 1 is 0.652 bits per heavy atom. The predicted octanol–water partition coefficient (Wildman–Crippen LogP) is 3.44. The lowest BCUT2D eigenvalue weighted by Gasteiger charge is -2.03. The van der Waals surface area contributed by atoms with Gasteiger partial charge in [0.15, 0.2) is 0 Å². The average Bonchev–Trinajstić information content (AvgIpc) is 2.54. The van der Waals surface area contributed by atoms with Gasteiger partial charge in [-0.1, -0.05) is 24.3 Å². The lowest BCUT2D eigenvalue weighted by Crippen LogP contribution is -1.87. The molecule has 0 aliphatic rings. The molecule has 0 fully saturated rings. The summed E-state index contributed by atoms with van der Waals surface area (Å²) in [5, 5.41) is 25.7. The van der Waals surface area contributed by atoms with Crippen molar-refractivity contribution in [3.8, 4) is 36.0 Å². The van der Waals surface area contributed by atoms with Gasteiger partial charge in [-0.15, -0.1) is 15.8 Å². The molecule has 0 spiro atoms. The molecule has 0 aliphatic carbocycles. The van der Waals surface area contributed by atoms with E-state index in [1.54, 1.807) is 61.2 Å². The molecule has 2 rings (SSSR count). The first kappa shape index (κ1) is 15.4. The summed E-state index contributed by atoms with van der Waals surface area (Å²) in [6.45, 7) is 0. The SMILES string of the molecule is N#COc1cccc(C=Cc2cc(OC#N)cc(OC#N)c2)c1. The van der Waals surface area contributed by atoms with E-state index in [2.05, 4.69) is 0 Å². The van der Waals surface area contributed by atoms with Gasteiger partial charge >= 0.3 is 0 Å². The van der Waals surface area contributed by atoms with Gasteiger partial charge in [-0.2, -0.15) is 0 Å². The van der Waals surface area contributed by atoms with Gasteiger partial charge in [0.25, 0.3) is 18.8 Å². The summed E-state index contributed by atoms with van der Waals surface area (Å²) in [5.41, 5.74) is 1.49. The molecule has 0 saturated carbocycles. The second-order valence-corrected chi connectivity index (χ2v) is 4.22. The van der Waals surface area contributed by atoms with Gasteiger partial charge in [-0.3, -0.25) is 0 Å². The van der Waals surface area contributed by atoms with Crippen LogP contribution in [0.5, 0.6) is 17.2 Å². The van der Waals surface area contributed by atoms with Crippen molar-refractivity contribution < 1.29 is 14.2 Å². The van der Waals surface area contributed by atoms with Crippen molar-refractivity contribution in [2.45, 2.75) is 0 Å². The molecule has 6 heteroatoms. The molecule has 0 amide bonds. The van der Waals surface area contributed by atoms with Gasteiger partial charge in [-0.05, 0) is 35.4 Å². The molecule has 0 heterocycles. The van der Waals surface area contributed by atoms with Gasteiger partial charge in [0.1, 0.15) is 17.2 Å². The molecule has 0 saturated heterocycles. The topological polar surface area (TPSA) is 99.1 Å². The summed E-state index contributed by atoms with van der Waals surface area (Å²) in [7, 11) is 0. The fourth-order valence-corrected chi connectivity index (χ4v) is 1.84. The molecule has 0 radical (unpaired) electrons.